The molecular weight excluding hydrogens is 420 g/mol. The minimum atomic E-state index is -3.72. The van der Waals surface area contributed by atoms with E-state index in [9.17, 15) is 18.0 Å². The molecule has 1 heterocycles. The summed E-state index contributed by atoms with van der Waals surface area (Å²) in [4.78, 5) is 24.5. The van der Waals surface area contributed by atoms with Gasteiger partial charge >= 0.3 is 5.97 Å². The molecule has 31 heavy (non-hydrogen) atoms. The molecule has 8 nitrogen and oxygen atoms in total. The van der Waals surface area contributed by atoms with Gasteiger partial charge in [0.2, 0.25) is 15.9 Å². The third-order valence-corrected chi connectivity index (χ3v) is 7.19. The van der Waals surface area contributed by atoms with Crippen molar-refractivity contribution in [3.63, 3.8) is 0 Å². The number of ether oxygens (including phenoxy) is 2. The smallest absolute Gasteiger partial charge is 0.337 e. The number of esters is 1. The zero-order valence-corrected chi connectivity index (χ0v) is 18.6. The topological polar surface area (TPSA) is 102 Å². The van der Waals surface area contributed by atoms with Crippen molar-refractivity contribution in [2.24, 2.45) is 5.92 Å². The summed E-state index contributed by atoms with van der Waals surface area (Å²) >= 11 is 0. The van der Waals surface area contributed by atoms with E-state index in [4.69, 9.17) is 4.74 Å². The minimum Gasteiger partial charge on any atom is -0.496 e. The molecule has 1 saturated heterocycles. The molecule has 0 unspecified atom stereocenters. The second-order valence-electron chi connectivity index (χ2n) is 7.39. The molecule has 0 bridgehead atoms. The van der Waals surface area contributed by atoms with Gasteiger partial charge in [-0.15, -0.1) is 0 Å². The van der Waals surface area contributed by atoms with Gasteiger partial charge < -0.3 is 14.8 Å². The number of aryl methyl sites for hydroxylation is 1. The van der Waals surface area contributed by atoms with Crippen LogP contribution in [-0.4, -0.2) is 51.9 Å². The zero-order valence-electron chi connectivity index (χ0n) is 17.8. The van der Waals surface area contributed by atoms with Crippen LogP contribution in [0.5, 0.6) is 5.75 Å². The lowest BCUT2D eigenvalue weighted by atomic mass is 9.98. The van der Waals surface area contributed by atoms with Crippen LogP contribution in [0.3, 0.4) is 0 Å². The fraction of sp³-hybridized carbons (Fsp3) is 0.364. The number of amides is 1. The van der Waals surface area contributed by atoms with Gasteiger partial charge in [-0.05, 0) is 67.8 Å². The van der Waals surface area contributed by atoms with Gasteiger partial charge in [0.1, 0.15) is 5.75 Å². The first kappa shape index (κ1) is 22.8. The number of carbonyl (C=O) groups excluding carboxylic acids is 2. The number of hydrogen-bond acceptors (Lipinski definition) is 6. The normalized spacial score (nSPS) is 17.1. The van der Waals surface area contributed by atoms with Crippen LogP contribution in [0.2, 0.25) is 0 Å². The lowest BCUT2D eigenvalue weighted by molar-refractivity contribution is -0.120. The Balaban J connectivity index is 1.70. The number of anilines is 1. The number of rotatable bonds is 6. The SMILES string of the molecule is COC(=O)c1ccc(NC(=O)[C@H]2CCCN(S(=O)(=O)c3ccc(OC)c(C)c3)C2)cc1. The Morgan fingerprint density at radius 3 is 2.42 bits per heavy atom. The molecule has 1 aliphatic rings. The Kier molecular flexibility index (Phi) is 6.97. The van der Waals surface area contributed by atoms with E-state index in [2.05, 4.69) is 10.1 Å². The van der Waals surface area contributed by atoms with E-state index >= 15 is 0 Å². The van der Waals surface area contributed by atoms with Gasteiger partial charge in [0, 0.05) is 18.8 Å². The molecule has 2 aromatic carbocycles. The van der Waals surface area contributed by atoms with Crippen molar-refractivity contribution in [1.82, 2.24) is 4.31 Å². The van der Waals surface area contributed by atoms with Crippen molar-refractivity contribution >= 4 is 27.6 Å². The van der Waals surface area contributed by atoms with Crippen LogP contribution in [0.1, 0.15) is 28.8 Å². The maximum absolute atomic E-state index is 13.1. The van der Waals surface area contributed by atoms with Crippen molar-refractivity contribution in [3.05, 3.63) is 53.6 Å². The number of benzene rings is 2. The molecule has 1 atom stereocenters. The summed E-state index contributed by atoms with van der Waals surface area (Å²) in [6.07, 6.45) is 1.19. The highest BCUT2D eigenvalue weighted by Crippen LogP contribution is 2.27. The summed E-state index contributed by atoms with van der Waals surface area (Å²) in [5.41, 5.74) is 1.64. The molecule has 0 saturated carbocycles. The first-order valence-electron chi connectivity index (χ1n) is 9.90. The van der Waals surface area contributed by atoms with Gasteiger partial charge in [-0.3, -0.25) is 4.79 Å². The molecule has 0 aromatic heterocycles. The summed E-state index contributed by atoms with van der Waals surface area (Å²) in [5.74, 6) is -0.562. The van der Waals surface area contributed by atoms with E-state index in [1.807, 2.05) is 0 Å². The number of carbonyl (C=O) groups is 2. The van der Waals surface area contributed by atoms with Gasteiger partial charge in [-0.2, -0.15) is 4.31 Å². The maximum Gasteiger partial charge on any atom is 0.337 e. The van der Waals surface area contributed by atoms with Gasteiger partial charge in [0.15, 0.2) is 0 Å². The average Bonchev–Trinajstić information content (AvgIpc) is 2.79. The molecule has 1 N–H and O–H groups in total. The molecule has 166 valence electrons. The third-order valence-electron chi connectivity index (χ3n) is 5.33. The number of nitrogens with one attached hydrogen (secondary N) is 1. The van der Waals surface area contributed by atoms with Crippen molar-refractivity contribution in [2.75, 3.05) is 32.6 Å². The summed E-state index contributed by atoms with van der Waals surface area (Å²) in [6, 6.07) is 11.1. The zero-order chi connectivity index (χ0) is 22.6. The Bertz CT molecular complexity index is 1070. The Labute approximate surface area is 182 Å². The van der Waals surface area contributed by atoms with E-state index < -0.39 is 21.9 Å². The molecule has 1 amide bonds. The molecule has 9 heteroatoms. The highest BCUT2D eigenvalue weighted by atomic mass is 32.2. The third kappa shape index (κ3) is 5.05. The largest absolute Gasteiger partial charge is 0.496 e. The van der Waals surface area contributed by atoms with Crippen LogP contribution >= 0.6 is 0 Å². The molecule has 0 radical (unpaired) electrons. The van der Waals surface area contributed by atoms with E-state index in [0.717, 1.165) is 5.56 Å². The van der Waals surface area contributed by atoms with Gasteiger partial charge in [-0.25, -0.2) is 13.2 Å². The molecule has 3 rings (SSSR count). The average molecular weight is 447 g/mol. The number of sulfonamides is 1. The van der Waals surface area contributed by atoms with Crippen LogP contribution in [0.25, 0.3) is 0 Å². The molecule has 1 fully saturated rings. The fourth-order valence-corrected chi connectivity index (χ4v) is 5.20. The second-order valence-corrected chi connectivity index (χ2v) is 9.33. The predicted octanol–water partition coefficient (Wildman–Crippen LogP) is 2.83. The number of nitrogens with zero attached hydrogens (tertiary/aromatic N) is 1. The monoisotopic (exact) mass is 446 g/mol. The van der Waals surface area contributed by atoms with Crippen molar-refractivity contribution in [3.8, 4) is 5.75 Å². The molecule has 1 aliphatic heterocycles. The molecule has 0 aliphatic carbocycles. The summed E-state index contributed by atoms with van der Waals surface area (Å²) in [6.45, 7) is 2.26. The van der Waals surface area contributed by atoms with E-state index in [1.165, 1.54) is 24.6 Å². The predicted molar refractivity (Wildman–Crippen MR) is 116 cm³/mol. The summed E-state index contributed by atoms with van der Waals surface area (Å²) in [7, 11) is -0.886. The Hall–Kier alpha value is -2.91. The lowest BCUT2D eigenvalue weighted by Gasteiger charge is -2.31. The first-order valence-corrected chi connectivity index (χ1v) is 11.3. The second kappa shape index (κ2) is 9.49. The van der Waals surface area contributed by atoms with Crippen LogP contribution in [0.4, 0.5) is 5.69 Å². The molecule has 0 spiro atoms. The van der Waals surface area contributed by atoms with E-state index in [1.54, 1.807) is 43.3 Å². The fourth-order valence-electron chi connectivity index (χ4n) is 3.59. The van der Waals surface area contributed by atoms with Crippen molar-refractivity contribution in [2.45, 2.75) is 24.7 Å². The summed E-state index contributed by atoms with van der Waals surface area (Å²) < 4.78 is 37.4. The Morgan fingerprint density at radius 1 is 1.10 bits per heavy atom. The summed E-state index contributed by atoms with van der Waals surface area (Å²) in [5, 5.41) is 2.80. The standard InChI is InChI=1S/C22H26N2O6S/c1-15-13-19(10-11-20(15)29-2)31(27,28)24-12-4-5-17(14-24)21(25)23-18-8-6-16(7-9-18)22(26)30-3/h6-11,13,17H,4-5,12,14H2,1-3H3,(H,23,25)/t17-/m0/s1. The van der Waals surface area contributed by atoms with Gasteiger partial charge in [0.25, 0.3) is 0 Å². The van der Waals surface area contributed by atoms with Gasteiger partial charge in [-0.1, -0.05) is 0 Å². The highest BCUT2D eigenvalue weighted by molar-refractivity contribution is 7.89. The quantitative estimate of drug-likeness (QED) is 0.685. The van der Waals surface area contributed by atoms with E-state index in [0.29, 0.717) is 36.4 Å². The van der Waals surface area contributed by atoms with E-state index in [-0.39, 0.29) is 17.3 Å². The van der Waals surface area contributed by atoms with Crippen LogP contribution in [0, 0.1) is 12.8 Å². The maximum atomic E-state index is 13.1. The molecular formula is C22H26N2O6S. The highest BCUT2D eigenvalue weighted by Gasteiger charge is 2.33. The van der Waals surface area contributed by atoms with Crippen molar-refractivity contribution < 1.29 is 27.5 Å². The van der Waals surface area contributed by atoms with Crippen LogP contribution in [0.15, 0.2) is 47.4 Å². The number of piperidine rings is 1. The first-order chi connectivity index (χ1) is 14.8. The van der Waals surface area contributed by atoms with Crippen LogP contribution in [-0.2, 0) is 19.6 Å². The number of hydrogen-bond donors (Lipinski definition) is 1. The molecule has 2 aromatic rings. The van der Waals surface area contributed by atoms with Crippen molar-refractivity contribution in [1.29, 1.82) is 0 Å². The minimum absolute atomic E-state index is 0.111. The van der Waals surface area contributed by atoms with Crippen LogP contribution < -0.4 is 10.1 Å². The lowest BCUT2D eigenvalue weighted by Crippen LogP contribution is -2.43. The Morgan fingerprint density at radius 2 is 1.81 bits per heavy atom. The number of methoxy groups -OCH3 is 2. The van der Waals surface area contributed by atoms with Gasteiger partial charge in [0.05, 0.1) is 30.6 Å².